The molecule has 1 saturated carbocycles. The second kappa shape index (κ2) is 7.29. The van der Waals surface area contributed by atoms with Crippen molar-refractivity contribution >= 4 is 35.1 Å². The molecule has 2 atom stereocenters. The molecule has 0 unspecified atom stereocenters. The maximum absolute atomic E-state index is 6.30. The van der Waals surface area contributed by atoms with Gasteiger partial charge in [0.2, 0.25) is 5.95 Å². The first-order valence-electron chi connectivity index (χ1n) is 8.67. The summed E-state index contributed by atoms with van der Waals surface area (Å²) < 4.78 is 0. The van der Waals surface area contributed by atoms with E-state index in [0.717, 1.165) is 44.1 Å². The third-order valence-corrected chi connectivity index (χ3v) is 5.42. The summed E-state index contributed by atoms with van der Waals surface area (Å²) in [6.07, 6.45) is 4.50. The molecule has 6 nitrogen and oxygen atoms in total. The molecule has 2 heterocycles. The predicted molar refractivity (Wildman–Crippen MR) is 105 cm³/mol. The monoisotopic (exact) mass is 390 g/mol. The van der Waals surface area contributed by atoms with E-state index in [0.29, 0.717) is 21.9 Å². The number of guanidine groups is 1. The van der Waals surface area contributed by atoms with Gasteiger partial charge >= 0.3 is 0 Å². The van der Waals surface area contributed by atoms with Crippen LogP contribution in [0.5, 0.6) is 0 Å². The van der Waals surface area contributed by atoms with Crippen molar-refractivity contribution in [3.8, 4) is 0 Å². The van der Waals surface area contributed by atoms with E-state index in [9.17, 15) is 0 Å². The number of halogens is 2. The van der Waals surface area contributed by atoms with E-state index in [1.54, 1.807) is 18.5 Å². The summed E-state index contributed by atoms with van der Waals surface area (Å²) >= 11 is 12.3. The molecule has 1 aliphatic heterocycles. The Balaban J connectivity index is 1.35. The van der Waals surface area contributed by atoms with Crippen molar-refractivity contribution in [1.82, 2.24) is 14.9 Å². The SMILES string of the molecule is NC(=N[C@@H]1C[C@H]1c1ccc(Cl)cc1Cl)N1CCN(c2ncccn2)CC1. The van der Waals surface area contributed by atoms with Crippen molar-refractivity contribution in [2.75, 3.05) is 31.1 Å². The first-order valence-corrected chi connectivity index (χ1v) is 9.42. The number of nitrogens with zero attached hydrogens (tertiary/aromatic N) is 5. The Morgan fingerprint density at radius 1 is 1.12 bits per heavy atom. The number of benzene rings is 1. The fourth-order valence-electron chi connectivity index (χ4n) is 3.30. The Morgan fingerprint density at radius 3 is 2.54 bits per heavy atom. The fourth-order valence-corrected chi connectivity index (χ4v) is 3.85. The van der Waals surface area contributed by atoms with Gasteiger partial charge in [-0.05, 0) is 30.2 Å². The molecule has 0 amide bonds. The zero-order chi connectivity index (χ0) is 18.1. The average molecular weight is 391 g/mol. The zero-order valence-corrected chi connectivity index (χ0v) is 15.7. The molecular weight excluding hydrogens is 371 g/mol. The lowest BCUT2D eigenvalue weighted by atomic mass is 10.1. The molecule has 1 aromatic carbocycles. The van der Waals surface area contributed by atoms with Gasteiger partial charge in [-0.3, -0.25) is 0 Å². The summed E-state index contributed by atoms with van der Waals surface area (Å²) in [5.41, 5.74) is 7.35. The molecule has 2 aliphatic rings. The van der Waals surface area contributed by atoms with Gasteiger partial charge in [0.25, 0.3) is 0 Å². The minimum atomic E-state index is 0.198. The first-order chi connectivity index (χ1) is 12.6. The maximum Gasteiger partial charge on any atom is 0.225 e. The molecule has 1 saturated heterocycles. The summed E-state index contributed by atoms with van der Waals surface area (Å²) in [5.74, 6) is 1.70. The van der Waals surface area contributed by atoms with Gasteiger partial charge in [-0.25, -0.2) is 15.0 Å². The standard InChI is InChI=1S/C18H20Cl2N6/c19-12-2-3-13(15(20)10-12)14-11-16(14)24-17(21)25-6-8-26(9-7-25)18-22-4-1-5-23-18/h1-5,10,14,16H,6-9,11H2,(H2,21,24)/t14-,16+/m0/s1. The minimum Gasteiger partial charge on any atom is -0.370 e. The molecule has 1 aliphatic carbocycles. The Hall–Kier alpha value is -2.05. The molecule has 2 fully saturated rings. The van der Waals surface area contributed by atoms with Gasteiger partial charge in [0.15, 0.2) is 5.96 Å². The maximum atomic E-state index is 6.30. The highest BCUT2D eigenvalue weighted by atomic mass is 35.5. The summed E-state index contributed by atoms with van der Waals surface area (Å²) in [4.78, 5) is 17.6. The van der Waals surface area contributed by atoms with E-state index < -0.39 is 0 Å². The number of anilines is 1. The predicted octanol–water partition coefficient (Wildman–Crippen LogP) is 2.78. The number of nitrogens with two attached hydrogens (primary N) is 1. The van der Waals surface area contributed by atoms with E-state index in [1.165, 1.54) is 0 Å². The Kier molecular flexibility index (Phi) is 4.87. The van der Waals surface area contributed by atoms with E-state index in [4.69, 9.17) is 33.9 Å². The molecular formula is C18H20Cl2N6. The summed E-state index contributed by atoms with van der Waals surface area (Å²) in [6.45, 7) is 3.29. The molecule has 26 heavy (non-hydrogen) atoms. The third kappa shape index (κ3) is 3.71. The van der Waals surface area contributed by atoms with E-state index in [-0.39, 0.29) is 6.04 Å². The van der Waals surface area contributed by atoms with Crippen LogP contribution in [0.25, 0.3) is 0 Å². The second-order valence-corrected chi connectivity index (χ2v) is 7.43. The average Bonchev–Trinajstić information content (AvgIpc) is 3.41. The first kappa shape index (κ1) is 17.4. The van der Waals surface area contributed by atoms with Crippen LogP contribution in [-0.4, -0.2) is 53.0 Å². The minimum absolute atomic E-state index is 0.198. The van der Waals surface area contributed by atoms with E-state index in [1.807, 2.05) is 18.2 Å². The molecule has 0 spiro atoms. The largest absolute Gasteiger partial charge is 0.370 e. The molecule has 2 N–H and O–H groups in total. The van der Waals surface area contributed by atoms with E-state index >= 15 is 0 Å². The van der Waals surface area contributed by atoms with Crippen molar-refractivity contribution in [2.45, 2.75) is 18.4 Å². The van der Waals surface area contributed by atoms with Crippen LogP contribution in [-0.2, 0) is 0 Å². The Bertz CT molecular complexity index is 805. The summed E-state index contributed by atoms with van der Waals surface area (Å²) in [5, 5.41) is 1.36. The quantitative estimate of drug-likeness (QED) is 0.644. The van der Waals surface area contributed by atoms with Gasteiger partial charge in [-0.1, -0.05) is 29.3 Å². The Morgan fingerprint density at radius 2 is 1.85 bits per heavy atom. The number of rotatable bonds is 3. The molecule has 8 heteroatoms. The van der Waals surface area contributed by atoms with Gasteiger partial charge in [0.05, 0.1) is 6.04 Å². The van der Waals surface area contributed by atoms with Crippen molar-refractivity contribution < 1.29 is 0 Å². The zero-order valence-electron chi connectivity index (χ0n) is 14.2. The Labute approximate surface area is 162 Å². The molecule has 136 valence electrons. The lowest BCUT2D eigenvalue weighted by Gasteiger charge is -2.35. The van der Waals surface area contributed by atoms with Crippen LogP contribution in [0.15, 0.2) is 41.7 Å². The second-order valence-electron chi connectivity index (χ2n) is 6.59. The highest BCUT2D eigenvalue weighted by Gasteiger charge is 2.40. The summed E-state index contributed by atoms with van der Waals surface area (Å²) in [6, 6.07) is 7.66. The van der Waals surface area contributed by atoms with Crippen molar-refractivity contribution in [3.63, 3.8) is 0 Å². The summed E-state index contributed by atoms with van der Waals surface area (Å²) in [7, 11) is 0. The van der Waals surface area contributed by atoms with Crippen LogP contribution >= 0.6 is 23.2 Å². The number of aliphatic imine (C=N–C) groups is 1. The van der Waals surface area contributed by atoms with Crippen LogP contribution in [0.4, 0.5) is 5.95 Å². The molecule has 1 aromatic heterocycles. The fraction of sp³-hybridized carbons (Fsp3) is 0.389. The molecule has 0 bridgehead atoms. The molecule has 0 radical (unpaired) electrons. The highest BCUT2D eigenvalue weighted by molar-refractivity contribution is 6.35. The highest BCUT2D eigenvalue weighted by Crippen LogP contribution is 2.46. The van der Waals surface area contributed by atoms with Gasteiger partial charge in [0, 0.05) is 54.5 Å². The van der Waals surface area contributed by atoms with Gasteiger partial charge in [-0.15, -0.1) is 0 Å². The third-order valence-electron chi connectivity index (χ3n) is 4.86. The number of hydrogen-bond donors (Lipinski definition) is 1. The van der Waals surface area contributed by atoms with Crippen molar-refractivity contribution in [1.29, 1.82) is 0 Å². The molecule has 4 rings (SSSR count). The lowest BCUT2D eigenvalue weighted by molar-refractivity contribution is 0.378. The number of aromatic nitrogens is 2. The number of piperazine rings is 1. The van der Waals surface area contributed by atoms with Gasteiger partial charge in [-0.2, -0.15) is 0 Å². The lowest BCUT2D eigenvalue weighted by Crippen LogP contribution is -2.51. The normalized spacial score (nSPS) is 23.2. The number of hydrogen-bond acceptors (Lipinski definition) is 4. The van der Waals surface area contributed by atoms with E-state index in [2.05, 4.69) is 19.8 Å². The van der Waals surface area contributed by atoms with Crippen LogP contribution in [0.3, 0.4) is 0 Å². The van der Waals surface area contributed by atoms with Gasteiger partial charge < -0.3 is 15.5 Å². The van der Waals surface area contributed by atoms with Crippen molar-refractivity contribution in [3.05, 3.63) is 52.3 Å². The van der Waals surface area contributed by atoms with Crippen molar-refractivity contribution in [2.24, 2.45) is 10.7 Å². The topological polar surface area (TPSA) is 70.6 Å². The molecule has 2 aromatic rings. The van der Waals surface area contributed by atoms with Crippen LogP contribution in [0.1, 0.15) is 17.9 Å². The van der Waals surface area contributed by atoms with Crippen LogP contribution < -0.4 is 10.6 Å². The smallest absolute Gasteiger partial charge is 0.225 e. The van der Waals surface area contributed by atoms with Gasteiger partial charge in [0.1, 0.15) is 0 Å². The van der Waals surface area contributed by atoms with Crippen LogP contribution in [0, 0.1) is 0 Å². The van der Waals surface area contributed by atoms with Crippen LogP contribution in [0.2, 0.25) is 10.0 Å².